The summed E-state index contributed by atoms with van der Waals surface area (Å²) in [5.41, 5.74) is 8.43. The molecule has 0 unspecified atom stereocenters. The predicted octanol–water partition coefficient (Wildman–Crippen LogP) is 4.20. The van der Waals surface area contributed by atoms with Crippen LogP contribution in [-0.2, 0) is 5.75 Å². The Balaban J connectivity index is 2.17. The maximum Gasteiger partial charge on any atom is 0.0994 e. The molecule has 0 aliphatic carbocycles. The van der Waals surface area contributed by atoms with E-state index in [1.54, 1.807) is 11.8 Å². The van der Waals surface area contributed by atoms with Gasteiger partial charge in [-0.1, -0.05) is 34.1 Å². The number of halogens is 1. The summed E-state index contributed by atoms with van der Waals surface area (Å²) >= 11 is 5.07. The molecule has 0 radical (unpaired) electrons. The van der Waals surface area contributed by atoms with Gasteiger partial charge in [0.2, 0.25) is 0 Å². The predicted molar refractivity (Wildman–Crippen MR) is 79.3 cm³/mol. The van der Waals surface area contributed by atoms with Crippen LogP contribution < -0.4 is 5.73 Å². The summed E-state index contributed by atoms with van der Waals surface area (Å²) in [5, 5.41) is 9.02. The number of rotatable bonds is 3. The highest BCUT2D eigenvalue weighted by Gasteiger charge is 2.04. The third-order valence-electron chi connectivity index (χ3n) is 2.50. The van der Waals surface area contributed by atoms with E-state index in [1.807, 2.05) is 42.5 Å². The van der Waals surface area contributed by atoms with E-state index in [0.29, 0.717) is 0 Å². The molecule has 2 aromatic carbocycles. The fourth-order valence-corrected chi connectivity index (χ4v) is 3.06. The van der Waals surface area contributed by atoms with Crippen molar-refractivity contribution in [1.29, 1.82) is 5.26 Å². The van der Waals surface area contributed by atoms with Crippen molar-refractivity contribution in [2.75, 3.05) is 5.73 Å². The molecule has 0 amide bonds. The highest BCUT2D eigenvalue weighted by Crippen LogP contribution is 2.31. The maximum absolute atomic E-state index is 9.02. The molecular formula is C14H11BrN2S. The number of nitriles is 1. The van der Waals surface area contributed by atoms with Gasteiger partial charge in [-0.25, -0.2) is 0 Å². The van der Waals surface area contributed by atoms with Gasteiger partial charge in [0.25, 0.3) is 0 Å². The number of nitrogen functional groups attached to an aromatic ring is 1. The third kappa shape index (κ3) is 3.06. The molecule has 0 spiro atoms. The van der Waals surface area contributed by atoms with E-state index >= 15 is 0 Å². The second-order valence-corrected chi connectivity index (χ2v) is 5.67. The van der Waals surface area contributed by atoms with Crippen molar-refractivity contribution in [3.05, 3.63) is 58.1 Å². The van der Waals surface area contributed by atoms with Gasteiger partial charge in [0.15, 0.2) is 0 Å². The number of hydrogen-bond acceptors (Lipinski definition) is 3. The number of anilines is 1. The van der Waals surface area contributed by atoms with E-state index in [0.717, 1.165) is 31.9 Å². The van der Waals surface area contributed by atoms with Crippen molar-refractivity contribution in [1.82, 2.24) is 0 Å². The van der Waals surface area contributed by atoms with Gasteiger partial charge in [0, 0.05) is 20.8 Å². The highest BCUT2D eigenvalue weighted by molar-refractivity contribution is 9.10. The molecule has 90 valence electrons. The SMILES string of the molecule is N#Cc1ccccc1CSc1cc(Br)ccc1N. The molecule has 2 rings (SSSR count). The number of nitrogens with two attached hydrogens (primary N) is 1. The zero-order valence-electron chi connectivity index (χ0n) is 9.56. The zero-order chi connectivity index (χ0) is 13.0. The molecule has 0 aromatic heterocycles. The first-order chi connectivity index (χ1) is 8.70. The smallest absolute Gasteiger partial charge is 0.0994 e. The lowest BCUT2D eigenvalue weighted by Gasteiger charge is -2.07. The molecule has 0 aliphatic rings. The lowest BCUT2D eigenvalue weighted by molar-refractivity contribution is 1.34. The van der Waals surface area contributed by atoms with Gasteiger partial charge in [-0.2, -0.15) is 5.26 Å². The Labute approximate surface area is 119 Å². The lowest BCUT2D eigenvalue weighted by Crippen LogP contribution is -1.90. The monoisotopic (exact) mass is 318 g/mol. The molecule has 0 atom stereocenters. The van der Waals surface area contributed by atoms with Crippen molar-refractivity contribution in [3.8, 4) is 6.07 Å². The fourth-order valence-electron chi connectivity index (χ4n) is 1.54. The van der Waals surface area contributed by atoms with E-state index in [-0.39, 0.29) is 0 Å². The van der Waals surface area contributed by atoms with Crippen LogP contribution in [0.1, 0.15) is 11.1 Å². The number of thioether (sulfide) groups is 1. The summed E-state index contributed by atoms with van der Waals surface area (Å²) in [6, 6.07) is 15.6. The summed E-state index contributed by atoms with van der Waals surface area (Å²) < 4.78 is 1.01. The van der Waals surface area contributed by atoms with Gasteiger partial charge < -0.3 is 5.73 Å². The second kappa shape index (κ2) is 5.94. The van der Waals surface area contributed by atoms with Crippen LogP contribution in [0.5, 0.6) is 0 Å². The molecule has 0 saturated carbocycles. The first kappa shape index (κ1) is 13.0. The number of nitrogens with zero attached hydrogens (tertiary/aromatic N) is 1. The quantitative estimate of drug-likeness (QED) is 0.681. The van der Waals surface area contributed by atoms with Crippen LogP contribution in [0, 0.1) is 11.3 Å². The van der Waals surface area contributed by atoms with Gasteiger partial charge >= 0.3 is 0 Å². The maximum atomic E-state index is 9.02. The minimum absolute atomic E-state index is 0.721. The molecule has 0 saturated heterocycles. The van der Waals surface area contributed by atoms with E-state index < -0.39 is 0 Å². The summed E-state index contributed by atoms with van der Waals surface area (Å²) in [6.07, 6.45) is 0. The second-order valence-electron chi connectivity index (χ2n) is 3.74. The van der Waals surface area contributed by atoms with E-state index in [1.165, 1.54) is 0 Å². The van der Waals surface area contributed by atoms with Gasteiger partial charge in [0.1, 0.15) is 0 Å². The average Bonchev–Trinajstić information content (AvgIpc) is 2.40. The molecule has 0 heterocycles. The zero-order valence-corrected chi connectivity index (χ0v) is 12.0. The summed E-state index contributed by atoms with van der Waals surface area (Å²) in [6.45, 7) is 0. The lowest BCUT2D eigenvalue weighted by atomic mass is 10.1. The molecule has 2 N–H and O–H groups in total. The molecule has 0 fully saturated rings. The minimum atomic E-state index is 0.721. The van der Waals surface area contributed by atoms with Crippen molar-refractivity contribution < 1.29 is 0 Å². The van der Waals surface area contributed by atoms with E-state index in [9.17, 15) is 0 Å². The Morgan fingerprint density at radius 2 is 2.00 bits per heavy atom. The topological polar surface area (TPSA) is 49.8 Å². The number of hydrogen-bond donors (Lipinski definition) is 1. The van der Waals surface area contributed by atoms with Crippen LogP contribution in [0.4, 0.5) is 5.69 Å². The van der Waals surface area contributed by atoms with E-state index in [2.05, 4.69) is 22.0 Å². The molecule has 0 bridgehead atoms. The van der Waals surface area contributed by atoms with Crippen LogP contribution >= 0.6 is 27.7 Å². The van der Waals surface area contributed by atoms with Crippen LogP contribution in [-0.4, -0.2) is 0 Å². The Bertz CT molecular complexity index is 605. The fraction of sp³-hybridized carbons (Fsp3) is 0.0714. The van der Waals surface area contributed by atoms with Crippen LogP contribution in [0.15, 0.2) is 51.8 Å². The van der Waals surface area contributed by atoms with Gasteiger partial charge in [-0.05, 0) is 29.8 Å². The van der Waals surface area contributed by atoms with Crippen LogP contribution in [0.3, 0.4) is 0 Å². The minimum Gasteiger partial charge on any atom is -0.398 e. The molecule has 2 nitrogen and oxygen atoms in total. The molecular weight excluding hydrogens is 308 g/mol. The van der Waals surface area contributed by atoms with Gasteiger partial charge in [-0.15, -0.1) is 11.8 Å². The van der Waals surface area contributed by atoms with Crippen molar-refractivity contribution >= 4 is 33.4 Å². The Hall–Kier alpha value is -1.44. The first-order valence-corrected chi connectivity index (χ1v) is 7.14. The summed E-state index contributed by atoms with van der Waals surface area (Å²) in [7, 11) is 0. The molecule has 2 aromatic rings. The third-order valence-corrected chi connectivity index (χ3v) is 4.11. The summed E-state index contributed by atoms with van der Waals surface area (Å²) in [4.78, 5) is 1.03. The van der Waals surface area contributed by atoms with Crippen molar-refractivity contribution in [2.45, 2.75) is 10.6 Å². The van der Waals surface area contributed by atoms with Crippen molar-refractivity contribution in [2.24, 2.45) is 0 Å². The Kier molecular flexibility index (Phi) is 4.29. The Morgan fingerprint density at radius 1 is 1.22 bits per heavy atom. The largest absolute Gasteiger partial charge is 0.398 e. The molecule has 0 aliphatic heterocycles. The van der Waals surface area contributed by atoms with Gasteiger partial charge in [0.05, 0.1) is 11.6 Å². The van der Waals surface area contributed by atoms with Crippen LogP contribution in [0.25, 0.3) is 0 Å². The molecule has 4 heteroatoms. The summed E-state index contributed by atoms with van der Waals surface area (Å²) in [5.74, 6) is 0.740. The molecule has 18 heavy (non-hydrogen) atoms. The highest BCUT2D eigenvalue weighted by atomic mass is 79.9. The van der Waals surface area contributed by atoms with Crippen molar-refractivity contribution in [3.63, 3.8) is 0 Å². The first-order valence-electron chi connectivity index (χ1n) is 5.36. The van der Waals surface area contributed by atoms with Crippen LogP contribution in [0.2, 0.25) is 0 Å². The average molecular weight is 319 g/mol. The van der Waals surface area contributed by atoms with Gasteiger partial charge in [-0.3, -0.25) is 0 Å². The Morgan fingerprint density at radius 3 is 2.78 bits per heavy atom. The normalized spacial score (nSPS) is 10.0. The standard InChI is InChI=1S/C14H11BrN2S/c15-12-5-6-13(17)14(7-12)18-9-11-4-2-1-3-10(11)8-16/h1-7H,9,17H2. The van der Waals surface area contributed by atoms with E-state index in [4.69, 9.17) is 11.0 Å². The number of benzene rings is 2.